The van der Waals surface area contributed by atoms with Gasteiger partial charge in [-0.2, -0.15) is 0 Å². The quantitative estimate of drug-likeness (QED) is 0.568. The summed E-state index contributed by atoms with van der Waals surface area (Å²) >= 11 is 0. The number of nitrogens with one attached hydrogen (secondary N) is 1. The van der Waals surface area contributed by atoms with Gasteiger partial charge in [-0.1, -0.05) is 0 Å². The highest BCUT2D eigenvalue weighted by molar-refractivity contribution is 5.75. The van der Waals surface area contributed by atoms with Crippen molar-refractivity contribution in [3.63, 3.8) is 0 Å². The van der Waals surface area contributed by atoms with Crippen molar-refractivity contribution in [1.29, 1.82) is 0 Å². The molecule has 72 valence electrons. The third-order valence-electron chi connectivity index (χ3n) is 1.61. The molecule has 0 amide bonds. The Kier molecular flexibility index (Phi) is 7.00. The first-order valence-electron chi connectivity index (χ1n) is 4.48. The molecule has 12 heavy (non-hydrogen) atoms. The Morgan fingerprint density at radius 3 is 2.50 bits per heavy atom. The Hall–Kier alpha value is -0.410. The summed E-state index contributed by atoms with van der Waals surface area (Å²) in [6.45, 7) is 4.56. The fourth-order valence-corrected chi connectivity index (χ4v) is 0.910. The molecule has 3 nitrogen and oxygen atoms in total. The van der Waals surface area contributed by atoms with Crippen molar-refractivity contribution >= 4 is 5.78 Å². The average molecular weight is 172 g/mol. The van der Waals surface area contributed by atoms with Crippen molar-refractivity contribution < 1.29 is 4.79 Å². The third kappa shape index (κ3) is 9.59. The van der Waals surface area contributed by atoms with Crippen LogP contribution in [0.1, 0.15) is 19.8 Å². The van der Waals surface area contributed by atoms with Gasteiger partial charge in [-0.15, -0.1) is 0 Å². The first-order chi connectivity index (χ1) is 5.63. The van der Waals surface area contributed by atoms with E-state index in [0.29, 0.717) is 6.42 Å². The molecule has 0 aliphatic rings. The van der Waals surface area contributed by atoms with Crippen molar-refractivity contribution in [3.05, 3.63) is 0 Å². The summed E-state index contributed by atoms with van der Waals surface area (Å²) in [6, 6.07) is 0. The molecule has 0 saturated heterocycles. The van der Waals surface area contributed by atoms with E-state index in [2.05, 4.69) is 24.3 Å². The molecule has 1 N–H and O–H groups in total. The second-order valence-corrected chi connectivity index (χ2v) is 3.36. The van der Waals surface area contributed by atoms with E-state index in [4.69, 9.17) is 0 Å². The van der Waals surface area contributed by atoms with E-state index in [1.807, 2.05) is 0 Å². The molecule has 0 unspecified atom stereocenters. The van der Waals surface area contributed by atoms with Crippen LogP contribution in [-0.2, 0) is 4.79 Å². The maximum atomic E-state index is 10.5. The molecule has 0 aromatic heterocycles. The Morgan fingerprint density at radius 1 is 1.33 bits per heavy atom. The molecule has 0 radical (unpaired) electrons. The molecular weight excluding hydrogens is 152 g/mol. The van der Waals surface area contributed by atoms with Crippen molar-refractivity contribution in [3.8, 4) is 0 Å². The summed E-state index contributed by atoms with van der Waals surface area (Å²) in [5.41, 5.74) is 0. The standard InChI is InChI=1S/C9H20N2O/c1-9(12)5-7-10-6-4-8-11(2)3/h10H,4-8H2,1-3H3. The molecule has 0 spiro atoms. The van der Waals surface area contributed by atoms with E-state index >= 15 is 0 Å². The van der Waals surface area contributed by atoms with E-state index in [1.165, 1.54) is 0 Å². The van der Waals surface area contributed by atoms with Gasteiger partial charge in [0, 0.05) is 13.0 Å². The third-order valence-corrected chi connectivity index (χ3v) is 1.61. The summed E-state index contributed by atoms with van der Waals surface area (Å²) in [5.74, 6) is 0.259. The van der Waals surface area contributed by atoms with Crippen LogP contribution in [0, 0.1) is 0 Å². The topological polar surface area (TPSA) is 32.3 Å². The summed E-state index contributed by atoms with van der Waals surface area (Å²) in [6.07, 6.45) is 1.80. The highest BCUT2D eigenvalue weighted by Crippen LogP contribution is 1.82. The summed E-state index contributed by atoms with van der Waals surface area (Å²) in [7, 11) is 4.13. The molecule has 0 bridgehead atoms. The SMILES string of the molecule is CC(=O)CCNCCCN(C)C. The summed E-state index contributed by atoms with van der Waals surface area (Å²) in [4.78, 5) is 12.7. The minimum Gasteiger partial charge on any atom is -0.316 e. The first kappa shape index (κ1) is 11.6. The van der Waals surface area contributed by atoms with E-state index in [-0.39, 0.29) is 5.78 Å². The highest BCUT2D eigenvalue weighted by atomic mass is 16.1. The fraction of sp³-hybridized carbons (Fsp3) is 0.889. The smallest absolute Gasteiger partial charge is 0.131 e. The number of Topliss-reactive ketones (excluding diaryl/α,β-unsaturated/α-hetero) is 1. The Morgan fingerprint density at radius 2 is 2.00 bits per heavy atom. The molecule has 0 saturated carbocycles. The van der Waals surface area contributed by atoms with Gasteiger partial charge in [0.05, 0.1) is 0 Å². The van der Waals surface area contributed by atoms with Gasteiger partial charge in [0.2, 0.25) is 0 Å². The molecule has 3 heteroatoms. The predicted octanol–water partition coefficient (Wildman–Crippen LogP) is 0.507. The first-order valence-corrected chi connectivity index (χ1v) is 4.48. The van der Waals surface area contributed by atoms with Crippen LogP contribution in [0.2, 0.25) is 0 Å². The van der Waals surface area contributed by atoms with Crippen LogP contribution >= 0.6 is 0 Å². The number of carbonyl (C=O) groups excluding carboxylic acids is 1. The van der Waals surface area contributed by atoms with Crippen LogP contribution in [0.4, 0.5) is 0 Å². The second kappa shape index (κ2) is 7.25. The maximum absolute atomic E-state index is 10.5. The zero-order chi connectivity index (χ0) is 9.40. The van der Waals surface area contributed by atoms with E-state index < -0.39 is 0 Å². The monoisotopic (exact) mass is 172 g/mol. The number of hydrogen-bond acceptors (Lipinski definition) is 3. The number of nitrogens with zero attached hydrogens (tertiary/aromatic N) is 1. The predicted molar refractivity (Wildman–Crippen MR) is 51.3 cm³/mol. The fourth-order valence-electron chi connectivity index (χ4n) is 0.910. The maximum Gasteiger partial charge on any atom is 0.131 e. The Bertz CT molecular complexity index is 124. The van der Waals surface area contributed by atoms with Crippen LogP contribution < -0.4 is 5.32 Å². The van der Waals surface area contributed by atoms with Crippen LogP contribution in [0.3, 0.4) is 0 Å². The zero-order valence-corrected chi connectivity index (χ0v) is 8.39. The number of ketones is 1. The van der Waals surface area contributed by atoms with Crippen molar-refractivity contribution in [2.24, 2.45) is 0 Å². The number of rotatable bonds is 7. The van der Waals surface area contributed by atoms with Crippen molar-refractivity contribution in [2.75, 3.05) is 33.7 Å². The Balaban J connectivity index is 2.96. The zero-order valence-electron chi connectivity index (χ0n) is 8.39. The second-order valence-electron chi connectivity index (χ2n) is 3.36. The van der Waals surface area contributed by atoms with Gasteiger partial charge in [-0.3, -0.25) is 4.79 Å². The van der Waals surface area contributed by atoms with Gasteiger partial charge in [0.1, 0.15) is 5.78 Å². The molecule has 0 rings (SSSR count). The van der Waals surface area contributed by atoms with E-state index in [9.17, 15) is 4.79 Å². The lowest BCUT2D eigenvalue weighted by molar-refractivity contribution is -0.116. The van der Waals surface area contributed by atoms with Gasteiger partial charge in [-0.05, 0) is 40.5 Å². The molecule has 0 aromatic carbocycles. The van der Waals surface area contributed by atoms with Crippen LogP contribution in [0.25, 0.3) is 0 Å². The minimum absolute atomic E-state index is 0.259. The van der Waals surface area contributed by atoms with Gasteiger partial charge in [0.15, 0.2) is 0 Å². The van der Waals surface area contributed by atoms with Crippen molar-refractivity contribution in [1.82, 2.24) is 10.2 Å². The summed E-state index contributed by atoms with van der Waals surface area (Å²) in [5, 5.41) is 3.22. The van der Waals surface area contributed by atoms with Gasteiger partial charge >= 0.3 is 0 Å². The van der Waals surface area contributed by atoms with Gasteiger partial charge in [-0.25, -0.2) is 0 Å². The minimum atomic E-state index is 0.259. The van der Waals surface area contributed by atoms with E-state index in [1.54, 1.807) is 6.92 Å². The van der Waals surface area contributed by atoms with Crippen LogP contribution in [-0.4, -0.2) is 44.4 Å². The molecular formula is C9H20N2O. The van der Waals surface area contributed by atoms with Gasteiger partial charge in [0.25, 0.3) is 0 Å². The van der Waals surface area contributed by atoms with Crippen molar-refractivity contribution in [2.45, 2.75) is 19.8 Å². The lowest BCUT2D eigenvalue weighted by Gasteiger charge is -2.09. The van der Waals surface area contributed by atoms with E-state index in [0.717, 1.165) is 26.1 Å². The lowest BCUT2D eigenvalue weighted by atomic mass is 10.3. The summed E-state index contributed by atoms with van der Waals surface area (Å²) < 4.78 is 0. The molecule has 0 aromatic rings. The highest BCUT2D eigenvalue weighted by Gasteiger charge is 1.93. The average Bonchev–Trinajstić information content (AvgIpc) is 1.95. The number of hydrogen-bond donors (Lipinski definition) is 1. The largest absolute Gasteiger partial charge is 0.316 e. The molecule has 0 heterocycles. The lowest BCUT2D eigenvalue weighted by Crippen LogP contribution is -2.22. The number of carbonyl (C=O) groups is 1. The van der Waals surface area contributed by atoms with Gasteiger partial charge < -0.3 is 10.2 Å². The Labute approximate surface area is 75.1 Å². The molecule has 0 fully saturated rings. The van der Waals surface area contributed by atoms with Crippen LogP contribution in [0.15, 0.2) is 0 Å². The molecule has 0 aliphatic carbocycles. The normalized spacial score (nSPS) is 10.7. The molecule has 0 aliphatic heterocycles. The molecule has 0 atom stereocenters. The van der Waals surface area contributed by atoms with Crippen LogP contribution in [0.5, 0.6) is 0 Å².